The third-order valence-corrected chi connectivity index (χ3v) is 2.43. The first-order valence-electron chi connectivity index (χ1n) is 4.56. The summed E-state index contributed by atoms with van der Waals surface area (Å²) in [5.74, 6) is 0.0322. The second kappa shape index (κ2) is 4.75. The zero-order chi connectivity index (χ0) is 11.5. The molecule has 1 aromatic rings. The summed E-state index contributed by atoms with van der Waals surface area (Å²) < 4.78 is 37.2. The number of halogens is 3. The van der Waals surface area contributed by atoms with Crippen LogP contribution in [0.3, 0.4) is 0 Å². The smallest absolute Gasteiger partial charge is 0.166 e. The van der Waals surface area contributed by atoms with Crippen LogP contribution in [0.5, 0.6) is 0 Å². The molecule has 1 aromatic carbocycles. The van der Waals surface area contributed by atoms with Crippen molar-refractivity contribution in [3.05, 3.63) is 35.4 Å². The molecule has 0 heterocycles. The first-order valence-corrected chi connectivity index (χ1v) is 5.03. The predicted octanol–water partition coefficient (Wildman–Crippen LogP) is 4.20. The van der Waals surface area contributed by atoms with Gasteiger partial charge < -0.3 is 0 Å². The van der Waals surface area contributed by atoms with E-state index in [9.17, 15) is 13.2 Å². The van der Waals surface area contributed by atoms with Gasteiger partial charge in [-0.3, -0.25) is 0 Å². The largest absolute Gasteiger partial charge is 0.416 e. The van der Waals surface area contributed by atoms with Gasteiger partial charge in [0.05, 0.1) is 5.56 Å². The van der Waals surface area contributed by atoms with E-state index in [1.807, 2.05) is 6.92 Å². The monoisotopic (exact) mass is 232 g/mol. The maximum absolute atomic E-state index is 12.4. The molecule has 82 valence electrons. The van der Waals surface area contributed by atoms with Crippen LogP contribution >= 0.6 is 12.2 Å². The van der Waals surface area contributed by atoms with E-state index in [1.54, 1.807) is 11.4 Å². The fraction of sp³-hybridized carbons (Fsp3) is 0.364. The lowest BCUT2D eigenvalue weighted by Gasteiger charge is -2.12. The summed E-state index contributed by atoms with van der Waals surface area (Å²) in [6, 6.07) is 5.38. The van der Waals surface area contributed by atoms with Crippen molar-refractivity contribution < 1.29 is 13.2 Å². The van der Waals surface area contributed by atoms with E-state index in [4.69, 9.17) is 0 Å². The molecule has 0 aliphatic carbocycles. The summed E-state index contributed by atoms with van der Waals surface area (Å²) in [6.45, 7) is 1.86. The second-order valence-electron chi connectivity index (χ2n) is 3.43. The Bertz CT molecular complexity index is 344. The van der Waals surface area contributed by atoms with Crippen LogP contribution in [0.1, 0.15) is 30.4 Å². The molecule has 0 saturated heterocycles. The second-order valence-corrected chi connectivity index (χ2v) is 3.76. The third kappa shape index (κ3) is 3.30. The summed E-state index contributed by atoms with van der Waals surface area (Å²) in [5.41, 5.74) is 0.0714. The van der Waals surface area contributed by atoms with E-state index < -0.39 is 11.7 Å². The lowest BCUT2D eigenvalue weighted by molar-refractivity contribution is -0.137. The number of hydrogen-bond donors (Lipinski definition) is 0. The quantitative estimate of drug-likeness (QED) is 0.704. The van der Waals surface area contributed by atoms with Gasteiger partial charge in [0.1, 0.15) is 0 Å². The first kappa shape index (κ1) is 12.2. The topological polar surface area (TPSA) is 0 Å². The zero-order valence-electron chi connectivity index (χ0n) is 8.21. The van der Waals surface area contributed by atoms with E-state index in [0.29, 0.717) is 12.0 Å². The van der Waals surface area contributed by atoms with E-state index in [1.165, 1.54) is 12.1 Å². The van der Waals surface area contributed by atoms with Crippen molar-refractivity contribution in [3.8, 4) is 0 Å². The van der Waals surface area contributed by atoms with E-state index in [0.717, 1.165) is 6.07 Å². The van der Waals surface area contributed by atoms with Gasteiger partial charge in [-0.25, -0.2) is 0 Å². The third-order valence-electron chi connectivity index (χ3n) is 2.23. The van der Waals surface area contributed by atoms with Gasteiger partial charge in [0, 0.05) is 0 Å². The molecular weight excluding hydrogens is 221 g/mol. The molecule has 0 N–H and O–H groups in total. The Morgan fingerprint density at radius 2 is 2.07 bits per heavy atom. The van der Waals surface area contributed by atoms with Crippen LogP contribution in [0.25, 0.3) is 0 Å². The predicted molar refractivity (Wildman–Crippen MR) is 58.1 cm³/mol. The van der Waals surface area contributed by atoms with Crippen LogP contribution in [0.2, 0.25) is 0 Å². The van der Waals surface area contributed by atoms with Gasteiger partial charge in [-0.2, -0.15) is 13.2 Å². The molecule has 0 fully saturated rings. The van der Waals surface area contributed by atoms with Crippen molar-refractivity contribution in [1.82, 2.24) is 0 Å². The molecule has 1 unspecified atom stereocenters. The van der Waals surface area contributed by atoms with Gasteiger partial charge in [0.2, 0.25) is 0 Å². The molecule has 0 saturated carbocycles. The van der Waals surface area contributed by atoms with Gasteiger partial charge in [0.25, 0.3) is 0 Å². The summed E-state index contributed by atoms with van der Waals surface area (Å²) in [6.07, 6.45) is -3.66. The summed E-state index contributed by atoms with van der Waals surface area (Å²) >= 11 is 4.69. The highest BCUT2D eigenvalue weighted by Crippen LogP contribution is 2.31. The molecule has 15 heavy (non-hydrogen) atoms. The minimum absolute atomic E-state index is 0.0322. The lowest BCUT2D eigenvalue weighted by atomic mass is 9.97. The lowest BCUT2D eigenvalue weighted by Crippen LogP contribution is -2.06. The molecule has 0 spiro atoms. The van der Waals surface area contributed by atoms with Crippen molar-refractivity contribution in [2.45, 2.75) is 25.4 Å². The zero-order valence-corrected chi connectivity index (χ0v) is 9.03. The van der Waals surface area contributed by atoms with E-state index >= 15 is 0 Å². The Morgan fingerprint density at radius 1 is 1.40 bits per heavy atom. The molecule has 0 aliphatic heterocycles. The van der Waals surface area contributed by atoms with Crippen molar-refractivity contribution in [3.63, 3.8) is 0 Å². The molecular formula is C11H11F3S. The highest BCUT2D eigenvalue weighted by molar-refractivity contribution is 7.78. The first-order chi connectivity index (χ1) is 6.95. The highest BCUT2D eigenvalue weighted by atomic mass is 32.1. The summed E-state index contributed by atoms with van der Waals surface area (Å²) in [4.78, 5) is 0. The van der Waals surface area contributed by atoms with Crippen molar-refractivity contribution in [2.24, 2.45) is 0 Å². The van der Waals surface area contributed by atoms with Crippen LogP contribution in [0.4, 0.5) is 13.2 Å². The van der Waals surface area contributed by atoms with Crippen LogP contribution in [0.15, 0.2) is 24.3 Å². The van der Waals surface area contributed by atoms with Crippen LogP contribution in [-0.2, 0) is 6.18 Å². The Labute approximate surface area is 92.1 Å². The van der Waals surface area contributed by atoms with Crippen molar-refractivity contribution in [1.29, 1.82) is 0 Å². The fourth-order valence-corrected chi connectivity index (χ4v) is 1.59. The molecule has 4 heteroatoms. The Balaban J connectivity index is 2.97. The molecule has 0 aliphatic rings. The van der Waals surface area contributed by atoms with Crippen molar-refractivity contribution >= 4 is 17.6 Å². The summed E-state index contributed by atoms with van der Waals surface area (Å²) in [5, 5.41) is 1.55. The molecule has 0 aromatic heterocycles. The number of rotatable bonds is 3. The van der Waals surface area contributed by atoms with Gasteiger partial charge >= 0.3 is 6.18 Å². The van der Waals surface area contributed by atoms with Gasteiger partial charge in [-0.15, -0.1) is 0 Å². The van der Waals surface area contributed by atoms with Gasteiger partial charge in [0.15, 0.2) is 0 Å². The fourth-order valence-electron chi connectivity index (χ4n) is 1.30. The van der Waals surface area contributed by atoms with Gasteiger partial charge in [-0.1, -0.05) is 37.3 Å². The minimum atomic E-state index is -4.27. The molecule has 0 bridgehead atoms. The standard InChI is InChI=1S/C11H11F3S/c1-8(5-6-15)9-3-2-4-10(7-9)11(12,13)14/h2-4,6-8H,5H2,1H3. The maximum atomic E-state index is 12.4. The van der Waals surface area contributed by atoms with Crippen LogP contribution in [-0.4, -0.2) is 5.37 Å². The number of hydrogen-bond acceptors (Lipinski definition) is 1. The van der Waals surface area contributed by atoms with Gasteiger partial charge in [-0.05, 0) is 29.3 Å². The average molecular weight is 232 g/mol. The van der Waals surface area contributed by atoms with E-state index in [-0.39, 0.29) is 5.92 Å². The Hall–Kier alpha value is -0.900. The maximum Gasteiger partial charge on any atom is 0.416 e. The Morgan fingerprint density at radius 3 is 2.60 bits per heavy atom. The SMILES string of the molecule is CC(CC=S)c1cccc(C(F)(F)F)c1. The molecule has 1 atom stereocenters. The number of thiocarbonyl (C=S) groups is 1. The molecule has 0 nitrogen and oxygen atoms in total. The Kier molecular flexibility index (Phi) is 3.85. The number of alkyl halides is 3. The van der Waals surface area contributed by atoms with E-state index in [2.05, 4.69) is 12.2 Å². The minimum Gasteiger partial charge on any atom is -0.166 e. The molecule has 1 rings (SSSR count). The van der Waals surface area contributed by atoms with Crippen molar-refractivity contribution in [2.75, 3.05) is 0 Å². The van der Waals surface area contributed by atoms with Crippen LogP contribution in [0, 0.1) is 0 Å². The normalized spacial score (nSPS) is 13.6. The molecule has 0 radical (unpaired) electrons. The number of benzene rings is 1. The van der Waals surface area contributed by atoms with Crippen LogP contribution < -0.4 is 0 Å². The molecule has 0 amide bonds. The summed E-state index contributed by atoms with van der Waals surface area (Å²) in [7, 11) is 0. The average Bonchev–Trinajstić information content (AvgIpc) is 2.17. The highest BCUT2D eigenvalue weighted by Gasteiger charge is 2.30.